The van der Waals surface area contributed by atoms with Crippen LogP contribution in [0.25, 0.3) is 0 Å². The molecule has 0 aliphatic carbocycles. The number of hydrogen-bond donors (Lipinski definition) is 2. The Morgan fingerprint density at radius 1 is 1.56 bits per heavy atom. The van der Waals surface area contributed by atoms with Gasteiger partial charge in [0, 0.05) is 18.3 Å². The van der Waals surface area contributed by atoms with Crippen molar-refractivity contribution < 1.29 is 0 Å². The van der Waals surface area contributed by atoms with E-state index in [2.05, 4.69) is 31.1 Å². The highest BCUT2D eigenvalue weighted by Gasteiger charge is 2.15. The van der Waals surface area contributed by atoms with Gasteiger partial charge >= 0.3 is 0 Å². The lowest BCUT2D eigenvalue weighted by Gasteiger charge is -2.24. The molecule has 3 nitrogen and oxygen atoms in total. The fourth-order valence-electron chi connectivity index (χ4n) is 1.21. The molecule has 1 aromatic rings. The van der Waals surface area contributed by atoms with E-state index in [1.54, 1.807) is 12.4 Å². The minimum Gasteiger partial charge on any atom is -0.389 e. The Bertz CT molecular complexity index is 374. The quantitative estimate of drug-likeness (QED) is 0.773. The second-order valence-corrected chi connectivity index (χ2v) is 5.10. The number of nitrogens with one attached hydrogen (secondary N) is 1. The van der Waals surface area contributed by atoms with Gasteiger partial charge in [0.2, 0.25) is 0 Å². The van der Waals surface area contributed by atoms with Crippen LogP contribution in [-0.2, 0) is 0 Å². The second kappa shape index (κ2) is 5.25. The van der Waals surface area contributed by atoms with Crippen molar-refractivity contribution in [2.24, 2.45) is 11.1 Å². The highest BCUT2D eigenvalue weighted by molar-refractivity contribution is 7.80. The number of aromatic nitrogens is 1. The van der Waals surface area contributed by atoms with Gasteiger partial charge in [-0.25, -0.2) is 0 Å². The zero-order valence-corrected chi connectivity index (χ0v) is 10.9. The molecule has 0 saturated carbocycles. The predicted molar refractivity (Wildman–Crippen MR) is 72.7 cm³/mol. The molecule has 0 saturated heterocycles. The highest BCUT2D eigenvalue weighted by Crippen LogP contribution is 2.21. The van der Waals surface area contributed by atoms with Crippen LogP contribution >= 0.6 is 12.2 Å². The lowest BCUT2D eigenvalue weighted by atomic mass is 9.90. The zero-order valence-electron chi connectivity index (χ0n) is 10.1. The fourth-order valence-corrected chi connectivity index (χ4v) is 1.39. The summed E-state index contributed by atoms with van der Waals surface area (Å²) in [5, 5.41) is 3.36. The van der Waals surface area contributed by atoms with Gasteiger partial charge < -0.3 is 11.1 Å². The van der Waals surface area contributed by atoms with Crippen LogP contribution in [0.3, 0.4) is 0 Å². The van der Waals surface area contributed by atoms with Crippen LogP contribution in [0.1, 0.15) is 32.8 Å². The second-order valence-electron chi connectivity index (χ2n) is 4.66. The molecule has 88 valence electrons. The van der Waals surface area contributed by atoms with Crippen LogP contribution in [0.4, 0.5) is 5.69 Å². The topological polar surface area (TPSA) is 50.9 Å². The Balaban J connectivity index is 2.78. The average Bonchev–Trinajstić information content (AvgIpc) is 2.27. The van der Waals surface area contributed by atoms with Gasteiger partial charge in [-0.05, 0) is 17.9 Å². The Morgan fingerprint density at radius 3 is 2.81 bits per heavy atom. The Morgan fingerprint density at radius 2 is 2.25 bits per heavy atom. The van der Waals surface area contributed by atoms with Gasteiger partial charge in [-0.1, -0.05) is 33.0 Å². The molecule has 0 amide bonds. The molecule has 4 heteroatoms. The molecule has 1 aromatic heterocycles. The predicted octanol–water partition coefficient (Wildman–Crippen LogP) is 2.56. The zero-order chi connectivity index (χ0) is 12.2. The maximum Gasteiger partial charge on any atom is 0.106 e. The molecule has 0 aromatic carbocycles. The first-order chi connectivity index (χ1) is 7.46. The van der Waals surface area contributed by atoms with E-state index >= 15 is 0 Å². The molecule has 0 atom stereocenters. The van der Waals surface area contributed by atoms with E-state index in [4.69, 9.17) is 18.0 Å². The van der Waals surface area contributed by atoms with Crippen molar-refractivity contribution in [2.75, 3.05) is 11.9 Å². The largest absolute Gasteiger partial charge is 0.389 e. The van der Waals surface area contributed by atoms with Gasteiger partial charge in [0.15, 0.2) is 0 Å². The summed E-state index contributed by atoms with van der Waals surface area (Å²) in [6.45, 7) is 7.50. The molecule has 1 heterocycles. The SMILES string of the molecule is CCC(C)(C)CNc1cnccc1C(N)=S. The minimum atomic E-state index is 0.253. The van der Waals surface area contributed by atoms with Crippen molar-refractivity contribution in [2.45, 2.75) is 27.2 Å². The van der Waals surface area contributed by atoms with E-state index in [0.717, 1.165) is 24.2 Å². The van der Waals surface area contributed by atoms with Gasteiger partial charge in [0.1, 0.15) is 4.99 Å². The van der Waals surface area contributed by atoms with E-state index < -0.39 is 0 Å². The fraction of sp³-hybridized carbons (Fsp3) is 0.500. The summed E-state index contributed by atoms with van der Waals surface area (Å²) in [5.41, 5.74) is 7.68. The van der Waals surface area contributed by atoms with Crippen molar-refractivity contribution >= 4 is 22.9 Å². The maximum absolute atomic E-state index is 5.65. The highest BCUT2D eigenvalue weighted by atomic mass is 32.1. The molecule has 3 N–H and O–H groups in total. The third kappa shape index (κ3) is 3.45. The summed E-state index contributed by atoms with van der Waals surface area (Å²) in [4.78, 5) is 4.48. The lowest BCUT2D eigenvalue weighted by Crippen LogP contribution is -2.23. The van der Waals surface area contributed by atoms with Crippen molar-refractivity contribution in [3.63, 3.8) is 0 Å². The first-order valence-corrected chi connectivity index (χ1v) is 5.85. The summed E-state index contributed by atoms with van der Waals surface area (Å²) in [6, 6.07) is 1.84. The van der Waals surface area contributed by atoms with E-state index in [-0.39, 0.29) is 5.41 Å². The molecular weight excluding hydrogens is 218 g/mol. The number of thiocarbonyl (C=S) groups is 1. The van der Waals surface area contributed by atoms with Crippen molar-refractivity contribution in [1.82, 2.24) is 4.98 Å². The number of nitrogens with zero attached hydrogens (tertiary/aromatic N) is 1. The maximum atomic E-state index is 5.65. The minimum absolute atomic E-state index is 0.253. The molecule has 0 aliphatic rings. The molecule has 0 aliphatic heterocycles. The average molecular weight is 237 g/mol. The van der Waals surface area contributed by atoms with Gasteiger partial charge in [-0.15, -0.1) is 0 Å². The molecule has 0 radical (unpaired) electrons. The van der Waals surface area contributed by atoms with Crippen LogP contribution < -0.4 is 11.1 Å². The van der Waals surface area contributed by atoms with Gasteiger partial charge in [0.05, 0.1) is 11.9 Å². The summed E-state index contributed by atoms with van der Waals surface area (Å²) >= 11 is 5.00. The lowest BCUT2D eigenvalue weighted by molar-refractivity contribution is 0.377. The summed E-state index contributed by atoms with van der Waals surface area (Å²) < 4.78 is 0. The molecule has 0 unspecified atom stereocenters. The summed E-state index contributed by atoms with van der Waals surface area (Å²) in [7, 11) is 0. The molecular formula is C12H19N3S. The number of nitrogens with two attached hydrogens (primary N) is 1. The number of pyridine rings is 1. The smallest absolute Gasteiger partial charge is 0.106 e. The Hall–Kier alpha value is -1.16. The summed E-state index contributed by atoms with van der Waals surface area (Å²) in [5.74, 6) is 0. The molecule has 0 fully saturated rings. The molecule has 16 heavy (non-hydrogen) atoms. The Kier molecular flexibility index (Phi) is 4.24. The van der Waals surface area contributed by atoms with Gasteiger partial charge in [-0.3, -0.25) is 4.98 Å². The standard InChI is InChI=1S/C12H19N3S/c1-4-12(2,3)8-15-10-7-14-6-5-9(10)11(13)16/h5-7,15H,4,8H2,1-3H3,(H2,13,16). The molecule has 0 spiro atoms. The van der Waals surface area contributed by atoms with Crippen molar-refractivity contribution in [3.05, 3.63) is 24.0 Å². The summed E-state index contributed by atoms with van der Waals surface area (Å²) in [6.07, 6.45) is 4.58. The third-order valence-corrected chi connectivity index (χ3v) is 3.02. The van der Waals surface area contributed by atoms with E-state index in [1.165, 1.54) is 0 Å². The number of anilines is 1. The van der Waals surface area contributed by atoms with E-state index in [1.807, 2.05) is 6.07 Å². The van der Waals surface area contributed by atoms with Gasteiger partial charge in [-0.2, -0.15) is 0 Å². The first kappa shape index (κ1) is 12.9. The third-order valence-electron chi connectivity index (χ3n) is 2.80. The van der Waals surface area contributed by atoms with Crippen molar-refractivity contribution in [3.8, 4) is 0 Å². The van der Waals surface area contributed by atoms with E-state index in [9.17, 15) is 0 Å². The van der Waals surface area contributed by atoms with Crippen LogP contribution in [0.5, 0.6) is 0 Å². The number of rotatable bonds is 5. The molecule has 0 bridgehead atoms. The van der Waals surface area contributed by atoms with Crippen LogP contribution in [0.2, 0.25) is 0 Å². The van der Waals surface area contributed by atoms with Crippen LogP contribution in [0, 0.1) is 5.41 Å². The number of hydrogen-bond acceptors (Lipinski definition) is 3. The molecule has 1 rings (SSSR count). The van der Waals surface area contributed by atoms with Gasteiger partial charge in [0.25, 0.3) is 0 Å². The normalized spacial score (nSPS) is 11.2. The first-order valence-electron chi connectivity index (χ1n) is 5.44. The van der Waals surface area contributed by atoms with E-state index in [0.29, 0.717) is 4.99 Å². The van der Waals surface area contributed by atoms with Crippen LogP contribution in [-0.4, -0.2) is 16.5 Å². The van der Waals surface area contributed by atoms with Crippen molar-refractivity contribution in [1.29, 1.82) is 0 Å². The Labute approximate surface area is 102 Å². The van der Waals surface area contributed by atoms with Crippen LogP contribution in [0.15, 0.2) is 18.5 Å². The monoisotopic (exact) mass is 237 g/mol.